The summed E-state index contributed by atoms with van der Waals surface area (Å²) in [4.78, 5) is 7.23. The van der Waals surface area contributed by atoms with E-state index in [2.05, 4.69) is 10.2 Å². The summed E-state index contributed by atoms with van der Waals surface area (Å²) in [5.41, 5.74) is 7.20. The van der Waals surface area contributed by atoms with Crippen LogP contribution >= 0.6 is 11.6 Å². The van der Waals surface area contributed by atoms with Crippen LogP contribution in [0.1, 0.15) is 32.1 Å². The Morgan fingerprint density at radius 2 is 2.04 bits per heavy atom. The number of nitrogens with two attached hydrogens (primary N) is 1. The predicted octanol–water partition coefficient (Wildman–Crippen LogP) is 3.36. The number of aliphatic imine (C=N–C) groups is 1. The maximum Gasteiger partial charge on any atom is 0.193 e. The van der Waals surface area contributed by atoms with Gasteiger partial charge in [-0.3, -0.25) is 9.89 Å². The third-order valence-electron chi connectivity index (χ3n) is 5.59. The molecule has 1 aromatic rings. The highest BCUT2D eigenvalue weighted by atomic mass is 35.5. The minimum Gasteiger partial charge on any atom is -0.495 e. The van der Waals surface area contributed by atoms with Gasteiger partial charge < -0.3 is 20.5 Å². The minimum atomic E-state index is 0.222. The van der Waals surface area contributed by atoms with Crippen LogP contribution in [-0.4, -0.2) is 57.4 Å². The third kappa shape index (κ3) is 5.74. The molecule has 0 bridgehead atoms. The lowest BCUT2D eigenvalue weighted by molar-refractivity contribution is 0.00940. The Morgan fingerprint density at radius 1 is 1.30 bits per heavy atom. The molecule has 0 unspecified atom stereocenters. The zero-order chi connectivity index (χ0) is 19.1. The van der Waals surface area contributed by atoms with Crippen molar-refractivity contribution in [1.29, 1.82) is 0 Å². The number of benzene rings is 1. The number of ether oxygens (including phenoxy) is 2. The first-order chi connectivity index (χ1) is 13.1. The number of nitrogens with one attached hydrogen (secondary N) is 1. The van der Waals surface area contributed by atoms with Crippen molar-refractivity contribution in [3.8, 4) is 5.75 Å². The number of anilines is 1. The number of nitrogens with zero attached hydrogens (tertiary/aromatic N) is 2. The van der Waals surface area contributed by atoms with Gasteiger partial charge in [0.05, 0.1) is 25.3 Å². The first-order valence-electron chi connectivity index (χ1n) is 9.81. The van der Waals surface area contributed by atoms with Gasteiger partial charge in [-0.2, -0.15) is 0 Å². The molecule has 2 fully saturated rings. The summed E-state index contributed by atoms with van der Waals surface area (Å²) in [5.74, 6) is 1.08. The van der Waals surface area contributed by atoms with Gasteiger partial charge in [-0.15, -0.1) is 0 Å². The van der Waals surface area contributed by atoms with Gasteiger partial charge in [0.25, 0.3) is 0 Å². The van der Waals surface area contributed by atoms with Gasteiger partial charge in [-0.1, -0.05) is 30.9 Å². The van der Waals surface area contributed by atoms with Crippen LogP contribution in [0.5, 0.6) is 5.75 Å². The predicted molar refractivity (Wildman–Crippen MR) is 111 cm³/mol. The van der Waals surface area contributed by atoms with E-state index in [0.717, 1.165) is 45.1 Å². The normalized spacial score (nSPS) is 21.0. The van der Waals surface area contributed by atoms with E-state index in [9.17, 15) is 0 Å². The van der Waals surface area contributed by atoms with Crippen molar-refractivity contribution in [3.63, 3.8) is 0 Å². The van der Waals surface area contributed by atoms with Crippen LogP contribution in [0, 0.1) is 5.41 Å². The highest BCUT2D eigenvalue weighted by Crippen LogP contribution is 2.37. The largest absolute Gasteiger partial charge is 0.495 e. The molecule has 1 heterocycles. The molecule has 3 rings (SSSR count). The van der Waals surface area contributed by atoms with Crippen LogP contribution < -0.4 is 15.8 Å². The quantitative estimate of drug-likeness (QED) is 0.571. The summed E-state index contributed by atoms with van der Waals surface area (Å²) in [6, 6.07) is 5.50. The first-order valence-corrected chi connectivity index (χ1v) is 10.2. The number of guanidine groups is 1. The van der Waals surface area contributed by atoms with Gasteiger partial charge in [0, 0.05) is 37.3 Å². The van der Waals surface area contributed by atoms with Gasteiger partial charge >= 0.3 is 0 Å². The lowest BCUT2D eigenvalue weighted by Gasteiger charge is -2.41. The van der Waals surface area contributed by atoms with E-state index in [0.29, 0.717) is 16.7 Å². The molecule has 0 amide bonds. The van der Waals surface area contributed by atoms with Crippen molar-refractivity contribution < 1.29 is 9.47 Å². The molecule has 1 saturated heterocycles. The van der Waals surface area contributed by atoms with Crippen LogP contribution in [0.15, 0.2) is 23.2 Å². The number of rotatable bonds is 6. The molecule has 150 valence electrons. The van der Waals surface area contributed by atoms with Crippen molar-refractivity contribution in [1.82, 2.24) is 4.90 Å². The van der Waals surface area contributed by atoms with Crippen molar-refractivity contribution in [2.45, 2.75) is 32.1 Å². The fourth-order valence-electron chi connectivity index (χ4n) is 4.09. The zero-order valence-corrected chi connectivity index (χ0v) is 16.9. The molecule has 0 atom stereocenters. The molecule has 3 N–H and O–H groups in total. The topological polar surface area (TPSA) is 72.1 Å². The van der Waals surface area contributed by atoms with Gasteiger partial charge in [-0.05, 0) is 31.0 Å². The van der Waals surface area contributed by atoms with E-state index >= 15 is 0 Å². The first kappa shape index (κ1) is 20.2. The van der Waals surface area contributed by atoms with Gasteiger partial charge in [0.15, 0.2) is 5.96 Å². The monoisotopic (exact) mass is 394 g/mol. The van der Waals surface area contributed by atoms with Crippen LogP contribution in [0.3, 0.4) is 0 Å². The second kappa shape index (κ2) is 9.62. The molecule has 1 aliphatic heterocycles. The number of halogens is 1. The summed E-state index contributed by atoms with van der Waals surface area (Å²) in [7, 11) is 1.60. The van der Waals surface area contributed by atoms with Crippen molar-refractivity contribution in [2.24, 2.45) is 16.1 Å². The van der Waals surface area contributed by atoms with E-state index in [4.69, 9.17) is 31.8 Å². The Bertz CT molecular complexity index is 641. The molecule has 2 aliphatic rings. The number of morpholine rings is 1. The molecule has 6 nitrogen and oxygen atoms in total. The summed E-state index contributed by atoms with van der Waals surface area (Å²) in [6.07, 6.45) is 6.32. The maximum atomic E-state index is 6.18. The standard InChI is InChI=1S/C20H31ClN4O2/c1-26-18-6-5-16(13-17(18)21)24-19(22)23-14-20(7-3-2-4-8-20)15-25-9-11-27-12-10-25/h5-6,13H,2-4,7-12,14-15H2,1H3,(H3,22,23,24). The second-order valence-corrected chi connectivity index (χ2v) is 8.03. The molecule has 1 aliphatic carbocycles. The number of hydrogen-bond acceptors (Lipinski definition) is 4. The van der Waals surface area contributed by atoms with Gasteiger partial charge in [0.2, 0.25) is 0 Å². The highest BCUT2D eigenvalue weighted by Gasteiger charge is 2.34. The fourth-order valence-corrected chi connectivity index (χ4v) is 4.34. The Hall–Kier alpha value is -1.50. The van der Waals surface area contributed by atoms with Crippen molar-refractivity contribution >= 4 is 23.2 Å². The summed E-state index contributed by atoms with van der Waals surface area (Å²) >= 11 is 6.18. The molecular formula is C20H31ClN4O2. The van der Waals surface area contributed by atoms with Crippen molar-refractivity contribution in [2.75, 3.05) is 51.8 Å². The molecule has 27 heavy (non-hydrogen) atoms. The molecule has 0 aromatic heterocycles. The van der Waals surface area contributed by atoms with Crippen LogP contribution in [-0.2, 0) is 4.74 Å². The average molecular weight is 395 g/mol. The summed E-state index contributed by atoms with van der Waals surface area (Å²) < 4.78 is 10.7. The Morgan fingerprint density at radius 3 is 2.70 bits per heavy atom. The Balaban J connectivity index is 1.63. The molecule has 7 heteroatoms. The van der Waals surface area contributed by atoms with E-state index < -0.39 is 0 Å². The SMILES string of the molecule is COc1ccc(NC(N)=NCC2(CN3CCOCC3)CCCCC2)cc1Cl. The lowest BCUT2D eigenvalue weighted by Crippen LogP contribution is -2.46. The smallest absolute Gasteiger partial charge is 0.193 e. The number of hydrogen-bond donors (Lipinski definition) is 2. The van der Waals surface area contributed by atoms with Crippen LogP contribution in [0.2, 0.25) is 5.02 Å². The Kier molecular flexibility index (Phi) is 7.21. The van der Waals surface area contributed by atoms with Crippen LogP contribution in [0.4, 0.5) is 5.69 Å². The lowest BCUT2D eigenvalue weighted by atomic mass is 9.73. The maximum absolute atomic E-state index is 6.18. The van der Waals surface area contributed by atoms with Crippen molar-refractivity contribution in [3.05, 3.63) is 23.2 Å². The Labute approximate surface area is 167 Å². The van der Waals surface area contributed by atoms with E-state index in [1.54, 1.807) is 13.2 Å². The van der Waals surface area contributed by atoms with E-state index in [1.807, 2.05) is 12.1 Å². The molecule has 1 saturated carbocycles. The molecule has 0 spiro atoms. The number of methoxy groups -OCH3 is 1. The summed E-state index contributed by atoms with van der Waals surface area (Å²) in [6.45, 7) is 5.55. The highest BCUT2D eigenvalue weighted by molar-refractivity contribution is 6.32. The van der Waals surface area contributed by atoms with E-state index in [-0.39, 0.29) is 5.41 Å². The van der Waals surface area contributed by atoms with Crippen LogP contribution in [0.25, 0.3) is 0 Å². The third-order valence-corrected chi connectivity index (χ3v) is 5.88. The molecule has 0 radical (unpaired) electrons. The minimum absolute atomic E-state index is 0.222. The zero-order valence-electron chi connectivity index (χ0n) is 16.2. The average Bonchev–Trinajstić information content (AvgIpc) is 2.68. The summed E-state index contributed by atoms with van der Waals surface area (Å²) in [5, 5.41) is 3.70. The fraction of sp³-hybridized carbons (Fsp3) is 0.650. The second-order valence-electron chi connectivity index (χ2n) is 7.62. The molecule has 1 aromatic carbocycles. The van der Waals surface area contributed by atoms with E-state index in [1.165, 1.54) is 32.1 Å². The molecular weight excluding hydrogens is 364 g/mol. The van der Waals surface area contributed by atoms with Gasteiger partial charge in [0.1, 0.15) is 5.75 Å². The van der Waals surface area contributed by atoms with Gasteiger partial charge in [-0.25, -0.2) is 0 Å².